The molecule has 0 saturated carbocycles. The van der Waals surface area contributed by atoms with Gasteiger partial charge in [0, 0.05) is 23.6 Å². The molecule has 178 valence electrons. The van der Waals surface area contributed by atoms with Crippen LogP contribution in [0.5, 0.6) is 0 Å². The van der Waals surface area contributed by atoms with E-state index in [0.717, 1.165) is 11.1 Å². The summed E-state index contributed by atoms with van der Waals surface area (Å²) >= 11 is 1.28. The quantitative estimate of drug-likeness (QED) is 0.246. The first-order valence-corrected chi connectivity index (χ1v) is 12.2. The molecule has 4 aromatic rings. The topological polar surface area (TPSA) is 90.2 Å². The van der Waals surface area contributed by atoms with Crippen molar-refractivity contribution in [2.75, 3.05) is 23.8 Å². The van der Waals surface area contributed by atoms with E-state index in [9.17, 15) is 9.59 Å². The van der Waals surface area contributed by atoms with Crippen LogP contribution in [-0.4, -0.2) is 50.5 Å². The van der Waals surface area contributed by atoms with E-state index in [1.54, 1.807) is 31.5 Å². The highest BCUT2D eigenvalue weighted by molar-refractivity contribution is 7.99. The van der Waals surface area contributed by atoms with E-state index in [1.165, 1.54) is 16.7 Å². The summed E-state index contributed by atoms with van der Waals surface area (Å²) in [7, 11) is 0. The van der Waals surface area contributed by atoms with Gasteiger partial charge in [-0.2, -0.15) is 0 Å². The Hall–Kier alpha value is -3.98. The number of rotatable bonds is 10. The Bertz CT molecular complexity index is 1250. The van der Waals surface area contributed by atoms with Gasteiger partial charge in [0.2, 0.25) is 5.91 Å². The summed E-state index contributed by atoms with van der Waals surface area (Å²) in [4.78, 5) is 30.9. The van der Waals surface area contributed by atoms with Gasteiger partial charge < -0.3 is 9.64 Å². The predicted molar refractivity (Wildman–Crippen MR) is 135 cm³/mol. The number of carbonyl (C=O) groups is 2. The van der Waals surface area contributed by atoms with Crippen LogP contribution in [0.2, 0.25) is 0 Å². The fourth-order valence-corrected chi connectivity index (χ4v) is 4.30. The Labute approximate surface area is 208 Å². The van der Waals surface area contributed by atoms with Crippen LogP contribution in [0.3, 0.4) is 0 Å². The van der Waals surface area contributed by atoms with Crippen LogP contribution < -0.4 is 4.90 Å². The number of ether oxygens (including phenoxy) is 1. The summed E-state index contributed by atoms with van der Waals surface area (Å²) in [5.41, 5.74) is 2.60. The molecule has 0 unspecified atom stereocenters. The van der Waals surface area contributed by atoms with Gasteiger partial charge in [0.05, 0.1) is 18.9 Å². The summed E-state index contributed by atoms with van der Waals surface area (Å²) in [5.74, 6) is 0.0888. The van der Waals surface area contributed by atoms with Crippen LogP contribution in [0.1, 0.15) is 12.5 Å². The molecule has 0 saturated heterocycles. The van der Waals surface area contributed by atoms with Gasteiger partial charge in [-0.1, -0.05) is 60.3 Å². The molecule has 0 radical (unpaired) electrons. The third kappa shape index (κ3) is 6.33. The lowest BCUT2D eigenvalue weighted by molar-refractivity contribution is -0.142. The first-order valence-electron chi connectivity index (χ1n) is 11.2. The van der Waals surface area contributed by atoms with Crippen LogP contribution in [0.15, 0.2) is 90.3 Å². The maximum Gasteiger partial charge on any atom is 0.326 e. The zero-order chi connectivity index (χ0) is 24.5. The highest BCUT2D eigenvalue weighted by Crippen LogP contribution is 2.26. The molecule has 1 amide bonds. The van der Waals surface area contributed by atoms with Crippen LogP contribution in [0.4, 0.5) is 5.69 Å². The average molecular weight is 488 g/mol. The summed E-state index contributed by atoms with van der Waals surface area (Å²) in [6.07, 6.45) is 3.42. The van der Waals surface area contributed by atoms with Gasteiger partial charge in [-0.15, -0.1) is 10.2 Å². The molecule has 0 bridgehead atoms. The maximum atomic E-state index is 13.2. The van der Waals surface area contributed by atoms with Crippen molar-refractivity contribution in [3.8, 4) is 11.4 Å². The first kappa shape index (κ1) is 24.2. The van der Waals surface area contributed by atoms with Crippen molar-refractivity contribution in [2.45, 2.75) is 18.6 Å². The number of benzene rings is 2. The van der Waals surface area contributed by atoms with E-state index in [0.29, 0.717) is 23.2 Å². The number of carbonyl (C=O) groups excluding carboxylic acids is 2. The summed E-state index contributed by atoms with van der Waals surface area (Å²) in [6, 6.07) is 22.8. The Morgan fingerprint density at radius 3 is 2.31 bits per heavy atom. The Kier molecular flexibility index (Phi) is 8.24. The molecular formula is C26H25N5O3S. The SMILES string of the molecule is CCOC(=O)CN(C(=O)CSc1nnc(-c2ccncc2)n1Cc1ccccc1)c1ccccc1. The van der Waals surface area contributed by atoms with E-state index in [4.69, 9.17) is 4.74 Å². The minimum Gasteiger partial charge on any atom is -0.465 e. The molecule has 2 aromatic heterocycles. The molecule has 0 fully saturated rings. The smallest absolute Gasteiger partial charge is 0.326 e. The van der Waals surface area contributed by atoms with Crippen molar-refractivity contribution in [1.29, 1.82) is 0 Å². The Morgan fingerprint density at radius 1 is 0.943 bits per heavy atom. The number of aromatic nitrogens is 4. The van der Waals surface area contributed by atoms with E-state index in [1.807, 2.05) is 65.2 Å². The lowest BCUT2D eigenvalue weighted by Crippen LogP contribution is -2.37. The standard InChI is InChI=1S/C26H25N5O3S/c1-2-34-24(33)18-30(22-11-7-4-8-12-22)23(32)19-35-26-29-28-25(21-13-15-27-16-14-21)31(26)17-20-9-5-3-6-10-20/h3-16H,2,17-19H2,1H3. The summed E-state index contributed by atoms with van der Waals surface area (Å²) < 4.78 is 7.06. The van der Waals surface area contributed by atoms with Crippen LogP contribution in [-0.2, 0) is 20.9 Å². The third-order valence-corrected chi connectivity index (χ3v) is 6.08. The normalized spacial score (nSPS) is 10.7. The van der Waals surface area contributed by atoms with E-state index in [2.05, 4.69) is 15.2 Å². The zero-order valence-corrected chi connectivity index (χ0v) is 20.1. The number of para-hydroxylation sites is 1. The van der Waals surface area contributed by atoms with Crippen LogP contribution in [0, 0.1) is 0 Å². The monoisotopic (exact) mass is 487 g/mol. The van der Waals surface area contributed by atoms with Gasteiger partial charge in [0.15, 0.2) is 11.0 Å². The Morgan fingerprint density at radius 2 is 1.63 bits per heavy atom. The molecule has 0 aliphatic carbocycles. The molecule has 9 heteroatoms. The lowest BCUT2D eigenvalue weighted by Gasteiger charge is -2.21. The molecule has 0 spiro atoms. The number of anilines is 1. The Balaban J connectivity index is 1.57. The number of hydrogen-bond donors (Lipinski definition) is 0. The second-order valence-corrected chi connectivity index (χ2v) is 8.47. The first-order chi connectivity index (χ1) is 17.2. The number of nitrogens with zero attached hydrogens (tertiary/aromatic N) is 5. The van der Waals surface area contributed by atoms with E-state index < -0.39 is 5.97 Å². The number of hydrogen-bond acceptors (Lipinski definition) is 7. The van der Waals surface area contributed by atoms with Crippen LogP contribution in [0.25, 0.3) is 11.4 Å². The van der Waals surface area contributed by atoms with Gasteiger partial charge in [0.1, 0.15) is 6.54 Å². The van der Waals surface area contributed by atoms with Crippen molar-refractivity contribution in [2.24, 2.45) is 0 Å². The van der Waals surface area contributed by atoms with Crippen LogP contribution >= 0.6 is 11.8 Å². The molecule has 0 aliphatic rings. The fraction of sp³-hybridized carbons (Fsp3) is 0.192. The minimum absolute atomic E-state index is 0.0809. The second-order valence-electron chi connectivity index (χ2n) is 7.52. The molecule has 2 aromatic carbocycles. The number of amides is 1. The van der Waals surface area contributed by atoms with Gasteiger partial charge in [0.25, 0.3) is 0 Å². The van der Waals surface area contributed by atoms with E-state index >= 15 is 0 Å². The predicted octanol–water partition coefficient (Wildman–Crippen LogP) is 4.08. The highest BCUT2D eigenvalue weighted by Gasteiger charge is 2.22. The van der Waals surface area contributed by atoms with Crippen molar-refractivity contribution in [3.63, 3.8) is 0 Å². The highest BCUT2D eigenvalue weighted by atomic mass is 32.2. The summed E-state index contributed by atoms with van der Waals surface area (Å²) in [5, 5.41) is 9.39. The van der Waals surface area contributed by atoms with Crippen molar-refractivity contribution >= 4 is 29.3 Å². The van der Waals surface area contributed by atoms with Gasteiger partial charge >= 0.3 is 5.97 Å². The average Bonchev–Trinajstić information content (AvgIpc) is 3.30. The molecule has 8 nitrogen and oxygen atoms in total. The summed E-state index contributed by atoms with van der Waals surface area (Å²) in [6.45, 7) is 2.39. The fourth-order valence-electron chi connectivity index (χ4n) is 3.49. The van der Waals surface area contributed by atoms with Crippen molar-refractivity contribution in [1.82, 2.24) is 19.7 Å². The number of thioether (sulfide) groups is 1. The van der Waals surface area contributed by atoms with Crippen molar-refractivity contribution < 1.29 is 14.3 Å². The molecule has 0 aliphatic heterocycles. The van der Waals surface area contributed by atoms with Gasteiger partial charge in [-0.25, -0.2) is 0 Å². The van der Waals surface area contributed by atoms with Gasteiger partial charge in [-0.3, -0.25) is 19.1 Å². The lowest BCUT2D eigenvalue weighted by atomic mass is 10.2. The van der Waals surface area contributed by atoms with Crippen molar-refractivity contribution in [3.05, 3.63) is 90.8 Å². The number of esters is 1. The van der Waals surface area contributed by atoms with Gasteiger partial charge in [-0.05, 0) is 36.8 Å². The zero-order valence-electron chi connectivity index (χ0n) is 19.3. The molecule has 4 rings (SSSR count). The number of pyridine rings is 1. The molecule has 2 heterocycles. The van der Waals surface area contributed by atoms with E-state index in [-0.39, 0.29) is 24.8 Å². The molecule has 0 N–H and O–H groups in total. The molecule has 35 heavy (non-hydrogen) atoms. The molecule has 0 atom stereocenters. The maximum absolute atomic E-state index is 13.2. The third-order valence-electron chi connectivity index (χ3n) is 5.13. The minimum atomic E-state index is -0.457. The second kappa shape index (κ2) is 11.9. The largest absolute Gasteiger partial charge is 0.465 e. The molecular weight excluding hydrogens is 462 g/mol.